The van der Waals surface area contributed by atoms with Gasteiger partial charge in [-0.3, -0.25) is 9.89 Å². The van der Waals surface area contributed by atoms with Crippen LogP contribution in [-0.2, 0) is 14.3 Å². The van der Waals surface area contributed by atoms with Crippen LogP contribution in [0.15, 0.2) is 30.6 Å². The number of hydrogen-bond donors (Lipinski definition) is 3. The molecule has 0 aliphatic heterocycles. The largest absolute Gasteiger partial charge is 0.496 e. The number of halogens is 1. The highest BCUT2D eigenvalue weighted by molar-refractivity contribution is 5.76. The lowest BCUT2D eigenvalue weighted by molar-refractivity contribution is -0.168. The van der Waals surface area contributed by atoms with E-state index in [1.807, 2.05) is 6.07 Å². The molecule has 0 fully saturated rings. The number of nitrogens with one attached hydrogen (secondary N) is 3. The number of ether oxygens (including phenoxy) is 4. The van der Waals surface area contributed by atoms with Crippen molar-refractivity contribution in [1.29, 1.82) is 5.26 Å². The first kappa shape index (κ1) is 28.6. The molecule has 1 unspecified atom stereocenters. The van der Waals surface area contributed by atoms with Crippen LogP contribution >= 0.6 is 0 Å². The molecule has 3 N–H and O–H groups in total. The number of rotatable bonds is 12. The first-order chi connectivity index (χ1) is 18.7. The lowest BCUT2D eigenvalue weighted by Crippen LogP contribution is -2.32. The minimum atomic E-state index is -1.03. The molecule has 0 radical (unpaired) electrons. The molecule has 2 aromatic heterocycles. The smallest absolute Gasteiger partial charge is 0.410 e. The van der Waals surface area contributed by atoms with Gasteiger partial charge in [0.2, 0.25) is 6.29 Å². The van der Waals surface area contributed by atoms with Gasteiger partial charge in [-0.25, -0.2) is 19.2 Å². The van der Waals surface area contributed by atoms with Crippen molar-refractivity contribution in [2.75, 3.05) is 25.6 Å². The van der Waals surface area contributed by atoms with Gasteiger partial charge in [-0.15, -0.1) is 0 Å². The third kappa shape index (κ3) is 8.29. The van der Waals surface area contributed by atoms with E-state index in [4.69, 9.17) is 24.2 Å². The standard InChI is InChI=1S/C25H28FN7O6/c1-14(2)24(34)38-15(3)39-25(35)28-6-5-7-37-20-9-16(26)8-19(36-4)23(20)18-10-21(33-32-18)31-22-13-29-17(11-27)12-30-22/h8-10,12-15H,5-7H2,1-4H3,(H,28,35)(H2,30,31,32,33). The van der Waals surface area contributed by atoms with Crippen molar-refractivity contribution in [2.45, 2.75) is 33.5 Å². The van der Waals surface area contributed by atoms with Crippen molar-refractivity contribution in [3.05, 3.63) is 42.1 Å². The second-order valence-electron chi connectivity index (χ2n) is 8.37. The summed E-state index contributed by atoms with van der Waals surface area (Å²) in [5.74, 6) is -0.229. The van der Waals surface area contributed by atoms with Crippen molar-refractivity contribution in [3.63, 3.8) is 0 Å². The van der Waals surface area contributed by atoms with Crippen LogP contribution in [0.1, 0.15) is 32.9 Å². The molecule has 0 bridgehead atoms. The first-order valence-electron chi connectivity index (χ1n) is 11.9. The third-order valence-electron chi connectivity index (χ3n) is 4.99. The van der Waals surface area contributed by atoms with Gasteiger partial charge in [0.25, 0.3) is 0 Å². The van der Waals surface area contributed by atoms with Crippen molar-refractivity contribution in [2.24, 2.45) is 5.92 Å². The number of nitrogens with zero attached hydrogens (tertiary/aromatic N) is 4. The maximum absolute atomic E-state index is 14.3. The Morgan fingerprint density at radius 1 is 1.10 bits per heavy atom. The molecular weight excluding hydrogens is 513 g/mol. The molecule has 39 heavy (non-hydrogen) atoms. The number of esters is 1. The highest BCUT2D eigenvalue weighted by Crippen LogP contribution is 2.39. The predicted octanol–water partition coefficient (Wildman–Crippen LogP) is 3.67. The van der Waals surface area contributed by atoms with E-state index >= 15 is 0 Å². The van der Waals surface area contributed by atoms with Crippen LogP contribution in [0.5, 0.6) is 11.5 Å². The fourth-order valence-electron chi connectivity index (χ4n) is 3.15. The summed E-state index contributed by atoms with van der Waals surface area (Å²) in [5.41, 5.74) is 1.08. The van der Waals surface area contributed by atoms with Gasteiger partial charge in [0.1, 0.15) is 29.2 Å². The second-order valence-corrected chi connectivity index (χ2v) is 8.37. The first-order valence-corrected chi connectivity index (χ1v) is 11.9. The fourth-order valence-corrected chi connectivity index (χ4v) is 3.15. The number of aromatic amines is 1. The minimum absolute atomic E-state index is 0.123. The highest BCUT2D eigenvalue weighted by Gasteiger charge is 2.19. The van der Waals surface area contributed by atoms with Crippen LogP contribution in [0.2, 0.25) is 0 Å². The Labute approximate surface area is 223 Å². The molecule has 0 spiro atoms. The number of amides is 1. The van der Waals surface area contributed by atoms with Crippen molar-refractivity contribution in [3.8, 4) is 28.8 Å². The number of methoxy groups -OCH3 is 1. The maximum Gasteiger partial charge on any atom is 0.410 e. The number of carbonyl (C=O) groups is 2. The van der Waals surface area contributed by atoms with Gasteiger partial charge in [-0.2, -0.15) is 10.4 Å². The van der Waals surface area contributed by atoms with Crippen LogP contribution in [-0.4, -0.2) is 58.8 Å². The zero-order valence-corrected chi connectivity index (χ0v) is 21.8. The molecule has 0 saturated carbocycles. The van der Waals surface area contributed by atoms with E-state index in [1.165, 1.54) is 38.6 Å². The van der Waals surface area contributed by atoms with Crippen molar-refractivity contribution < 1.29 is 32.9 Å². The SMILES string of the molecule is COc1cc(F)cc(OCCCNC(=O)OC(C)OC(=O)C(C)C)c1-c1cc(Nc2cnc(C#N)cn2)n[nH]1. The van der Waals surface area contributed by atoms with Crippen molar-refractivity contribution >= 4 is 23.7 Å². The summed E-state index contributed by atoms with van der Waals surface area (Å²) in [5, 5.41) is 21.4. The Morgan fingerprint density at radius 3 is 2.54 bits per heavy atom. The summed E-state index contributed by atoms with van der Waals surface area (Å²) in [6.45, 7) is 5.09. The molecule has 206 valence electrons. The monoisotopic (exact) mass is 541 g/mol. The normalized spacial score (nSPS) is 11.3. The van der Waals surface area contributed by atoms with E-state index in [0.717, 1.165) is 0 Å². The quantitative estimate of drug-likeness (QED) is 0.173. The van der Waals surface area contributed by atoms with E-state index in [1.54, 1.807) is 19.9 Å². The molecule has 13 nitrogen and oxygen atoms in total. The Kier molecular flexibility index (Phi) is 9.96. The van der Waals surface area contributed by atoms with Gasteiger partial charge >= 0.3 is 12.1 Å². The molecule has 1 amide bonds. The topological polar surface area (TPSA) is 173 Å². The van der Waals surface area contributed by atoms with Gasteiger partial charge < -0.3 is 29.6 Å². The zero-order chi connectivity index (χ0) is 28.4. The molecule has 2 heterocycles. The Balaban J connectivity index is 1.59. The number of hydrogen-bond acceptors (Lipinski definition) is 11. The van der Waals surface area contributed by atoms with Crippen LogP contribution < -0.4 is 20.1 Å². The molecule has 14 heteroatoms. The molecule has 3 rings (SSSR count). The highest BCUT2D eigenvalue weighted by atomic mass is 19.1. The third-order valence-corrected chi connectivity index (χ3v) is 4.99. The maximum atomic E-state index is 14.3. The summed E-state index contributed by atoms with van der Waals surface area (Å²) in [4.78, 5) is 31.5. The molecule has 1 aromatic carbocycles. The number of benzene rings is 1. The second kappa shape index (κ2) is 13.6. The van der Waals surface area contributed by atoms with Gasteiger partial charge in [-0.05, 0) is 6.42 Å². The summed E-state index contributed by atoms with van der Waals surface area (Å²) in [6.07, 6.45) is 1.29. The molecule has 0 aliphatic carbocycles. The summed E-state index contributed by atoms with van der Waals surface area (Å²) < 4.78 is 35.4. The number of alkyl carbamates (subject to hydrolysis) is 1. The van der Waals surface area contributed by atoms with E-state index in [9.17, 15) is 14.0 Å². The van der Waals surface area contributed by atoms with E-state index in [-0.39, 0.29) is 36.3 Å². The van der Waals surface area contributed by atoms with Gasteiger partial charge in [0.05, 0.1) is 43.3 Å². The number of H-pyrrole nitrogens is 1. The lowest BCUT2D eigenvalue weighted by Gasteiger charge is -2.16. The minimum Gasteiger partial charge on any atom is -0.496 e. The van der Waals surface area contributed by atoms with Gasteiger partial charge in [0, 0.05) is 31.7 Å². The van der Waals surface area contributed by atoms with Gasteiger partial charge in [-0.1, -0.05) is 13.8 Å². The Hall–Kier alpha value is -4.93. The molecular formula is C25H28FN7O6. The van der Waals surface area contributed by atoms with E-state index < -0.39 is 24.2 Å². The zero-order valence-electron chi connectivity index (χ0n) is 21.8. The summed E-state index contributed by atoms with van der Waals surface area (Å²) >= 11 is 0. The van der Waals surface area contributed by atoms with Crippen LogP contribution in [0.4, 0.5) is 20.8 Å². The van der Waals surface area contributed by atoms with Crippen molar-refractivity contribution in [1.82, 2.24) is 25.5 Å². The summed E-state index contributed by atoms with van der Waals surface area (Å²) in [7, 11) is 1.40. The Bertz CT molecular complexity index is 1320. The number of nitriles is 1. The lowest BCUT2D eigenvalue weighted by atomic mass is 10.1. The van der Waals surface area contributed by atoms with Crippen LogP contribution in [0.3, 0.4) is 0 Å². The van der Waals surface area contributed by atoms with E-state index in [2.05, 4.69) is 30.8 Å². The van der Waals surface area contributed by atoms with Crippen LogP contribution in [0.25, 0.3) is 11.3 Å². The summed E-state index contributed by atoms with van der Waals surface area (Å²) in [6, 6.07) is 5.96. The number of carbonyl (C=O) groups excluding carboxylic acids is 2. The number of anilines is 2. The average Bonchev–Trinajstić information content (AvgIpc) is 3.36. The Morgan fingerprint density at radius 2 is 1.87 bits per heavy atom. The fraction of sp³-hybridized carbons (Fsp3) is 0.360. The van der Waals surface area contributed by atoms with Crippen LogP contribution in [0, 0.1) is 23.1 Å². The molecule has 0 saturated heterocycles. The molecule has 3 aromatic rings. The average molecular weight is 542 g/mol. The predicted molar refractivity (Wildman–Crippen MR) is 136 cm³/mol. The van der Waals surface area contributed by atoms with Gasteiger partial charge in [0.15, 0.2) is 11.5 Å². The van der Waals surface area contributed by atoms with E-state index in [0.29, 0.717) is 29.3 Å². The number of aromatic nitrogens is 4. The molecule has 0 aliphatic rings. The molecule has 1 atom stereocenters.